The average Bonchev–Trinajstić information content (AvgIpc) is 2.97. The van der Waals surface area contributed by atoms with Crippen molar-refractivity contribution < 1.29 is 0 Å². The molecule has 0 aliphatic carbocycles. The van der Waals surface area contributed by atoms with E-state index in [1.807, 2.05) is 6.92 Å². The van der Waals surface area contributed by atoms with E-state index < -0.39 is 0 Å². The first kappa shape index (κ1) is 12.1. The number of fused-ring (bicyclic) bond motifs is 2. The van der Waals surface area contributed by atoms with Gasteiger partial charge in [-0.2, -0.15) is 5.10 Å². The molecule has 4 nitrogen and oxygen atoms in total. The summed E-state index contributed by atoms with van der Waals surface area (Å²) in [5, 5.41) is 14.9. The van der Waals surface area contributed by atoms with E-state index in [0.29, 0.717) is 6.04 Å². The number of hydrogen-bond acceptors (Lipinski definition) is 4. The molecule has 2 aromatic rings. The molecule has 2 aliphatic heterocycles. The maximum atomic E-state index is 4.54. The lowest BCUT2D eigenvalue weighted by atomic mass is 9.92. The molecule has 2 atom stereocenters. The summed E-state index contributed by atoms with van der Waals surface area (Å²) in [6, 6.07) is 9.09. The summed E-state index contributed by atoms with van der Waals surface area (Å²) in [5.41, 5.74) is 1.02. The van der Waals surface area contributed by atoms with Crippen LogP contribution in [0.3, 0.4) is 0 Å². The quantitative estimate of drug-likeness (QED) is 0.860. The van der Waals surface area contributed by atoms with Crippen LogP contribution in [0.5, 0.6) is 0 Å². The monoisotopic (exact) mass is 268 g/mol. The van der Waals surface area contributed by atoms with Gasteiger partial charge < -0.3 is 10.2 Å². The van der Waals surface area contributed by atoms with E-state index in [1.165, 1.54) is 23.6 Å². The average molecular weight is 268 g/mol. The number of benzene rings is 1. The van der Waals surface area contributed by atoms with Gasteiger partial charge >= 0.3 is 0 Å². The molecular weight excluding hydrogens is 248 g/mol. The van der Waals surface area contributed by atoms with Gasteiger partial charge in [-0.25, -0.2) is 0 Å². The molecule has 1 N–H and O–H groups in total. The van der Waals surface area contributed by atoms with Gasteiger partial charge in [0.2, 0.25) is 0 Å². The van der Waals surface area contributed by atoms with Crippen molar-refractivity contribution in [3.8, 4) is 0 Å². The number of nitrogens with one attached hydrogen (secondary N) is 1. The number of rotatable bonds is 1. The molecule has 0 amide bonds. The minimum absolute atomic E-state index is 0.587. The molecule has 104 valence electrons. The first-order chi connectivity index (χ1) is 9.84. The first-order valence-electron chi connectivity index (χ1n) is 7.54. The second kappa shape index (κ2) is 4.70. The van der Waals surface area contributed by atoms with Crippen molar-refractivity contribution in [2.24, 2.45) is 5.92 Å². The minimum atomic E-state index is 0.587. The smallest absolute Gasteiger partial charge is 0.159 e. The van der Waals surface area contributed by atoms with Crippen molar-refractivity contribution in [2.45, 2.75) is 25.8 Å². The van der Waals surface area contributed by atoms with Gasteiger partial charge in [-0.1, -0.05) is 24.3 Å². The van der Waals surface area contributed by atoms with Crippen LogP contribution in [-0.4, -0.2) is 35.9 Å². The van der Waals surface area contributed by atoms with Crippen LogP contribution < -0.4 is 10.2 Å². The van der Waals surface area contributed by atoms with E-state index in [-0.39, 0.29) is 0 Å². The third kappa shape index (κ3) is 1.79. The minimum Gasteiger partial charge on any atom is -0.350 e. The van der Waals surface area contributed by atoms with Crippen molar-refractivity contribution in [2.75, 3.05) is 24.5 Å². The highest BCUT2D eigenvalue weighted by atomic mass is 15.3. The third-order valence-corrected chi connectivity index (χ3v) is 4.80. The van der Waals surface area contributed by atoms with E-state index in [2.05, 4.69) is 44.7 Å². The van der Waals surface area contributed by atoms with E-state index in [9.17, 15) is 0 Å². The highest BCUT2D eigenvalue weighted by Gasteiger charge is 2.36. The number of aryl methyl sites for hydroxylation is 1. The fourth-order valence-electron chi connectivity index (χ4n) is 3.77. The van der Waals surface area contributed by atoms with Crippen LogP contribution in [0.4, 0.5) is 5.82 Å². The molecular formula is C16H20N4. The highest BCUT2D eigenvalue weighted by molar-refractivity contribution is 5.93. The molecule has 0 spiro atoms. The highest BCUT2D eigenvalue weighted by Crippen LogP contribution is 2.33. The zero-order valence-electron chi connectivity index (χ0n) is 11.8. The lowest BCUT2D eigenvalue weighted by Crippen LogP contribution is -2.45. The lowest BCUT2D eigenvalue weighted by Gasteiger charge is -2.38. The van der Waals surface area contributed by atoms with E-state index in [0.717, 1.165) is 37.1 Å². The Morgan fingerprint density at radius 2 is 2.00 bits per heavy atom. The maximum Gasteiger partial charge on any atom is 0.159 e. The summed E-state index contributed by atoms with van der Waals surface area (Å²) in [7, 11) is 0. The third-order valence-electron chi connectivity index (χ3n) is 4.80. The zero-order valence-corrected chi connectivity index (χ0v) is 11.8. The number of nitrogens with zero attached hydrogens (tertiary/aromatic N) is 3. The molecule has 0 bridgehead atoms. The molecule has 2 saturated heterocycles. The van der Waals surface area contributed by atoms with E-state index in [4.69, 9.17) is 0 Å². The van der Waals surface area contributed by atoms with Crippen molar-refractivity contribution >= 4 is 16.6 Å². The Kier molecular flexibility index (Phi) is 2.84. The van der Waals surface area contributed by atoms with Crippen LogP contribution in [0.15, 0.2) is 24.3 Å². The summed E-state index contributed by atoms with van der Waals surface area (Å²) in [6.45, 7) is 5.37. The standard InChI is InChI=1S/C16H20N4/c1-11-13-6-2-3-7-14(13)16(19-18-11)20-8-4-5-12-9-17-10-15(12)20/h2-3,6-7,12,15,17H,4-5,8-10H2,1H3. The number of piperidine rings is 1. The Morgan fingerprint density at radius 3 is 2.90 bits per heavy atom. The molecule has 1 aromatic carbocycles. The van der Waals surface area contributed by atoms with Crippen molar-refractivity contribution in [1.82, 2.24) is 15.5 Å². The number of hydrogen-bond donors (Lipinski definition) is 1. The summed E-state index contributed by atoms with van der Waals surface area (Å²) in [6.07, 6.45) is 2.60. The van der Waals surface area contributed by atoms with Crippen LogP contribution in [0, 0.1) is 12.8 Å². The normalized spacial score (nSPS) is 25.9. The van der Waals surface area contributed by atoms with Gasteiger partial charge in [0.1, 0.15) is 0 Å². The molecule has 20 heavy (non-hydrogen) atoms. The first-order valence-corrected chi connectivity index (χ1v) is 7.54. The SMILES string of the molecule is Cc1nnc(N2CCCC3CNCC32)c2ccccc12. The van der Waals surface area contributed by atoms with Crippen LogP contribution in [0.2, 0.25) is 0 Å². The predicted octanol–water partition coefficient (Wildman–Crippen LogP) is 2.13. The maximum absolute atomic E-state index is 4.54. The second-order valence-electron chi connectivity index (χ2n) is 5.98. The largest absolute Gasteiger partial charge is 0.350 e. The molecule has 0 radical (unpaired) electrons. The lowest BCUT2D eigenvalue weighted by molar-refractivity contribution is 0.383. The second-order valence-corrected chi connectivity index (χ2v) is 5.98. The molecule has 0 saturated carbocycles. The van der Waals surface area contributed by atoms with Gasteiger partial charge in [-0.15, -0.1) is 5.10 Å². The van der Waals surface area contributed by atoms with Crippen molar-refractivity contribution in [3.63, 3.8) is 0 Å². The van der Waals surface area contributed by atoms with Crippen molar-refractivity contribution in [3.05, 3.63) is 30.0 Å². The Hall–Kier alpha value is -1.68. The molecule has 2 aliphatic rings. The van der Waals surface area contributed by atoms with Gasteiger partial charge in [0.25, 0.3) is 0 Å². The molecule has 4 heteroatoms. The van der Waals surface area contributed by atoms with Gasteiger partial charge in [-0.05, 0) is 25.7 Å². The Morgan fingerprint density at radius 1 is 1.15 bits per heavy atom. The summed E-state index contributed by atoms with van der Waals surface area (Å²) in [4.78, 5) is 2.49. The predicted molar refractivity (Wildman–Crippen MR) is 81.0 cm³/mol. The number of aromatic nitrogens is 2. The summed E-state index contributed by atoms with van der Waals surface area (Å²) in [5.74, 6) is 1.84. The zero-order chi connectivity index (χ0) is 13.5. The fraction of sp³-hybridized carbons (Fsp3) is 0.500. The topological polar surface area (TPSA) is 41.1 Å². The van der Waals surface area contributed by atoms with E-state index in [1.54, 1.807) is 0 Å². The van der Waals surface area contributed by atoms with Gasteiger partial charge in [0.15, 0.2) is 5.82 Å². The summed E-state index contributed by atoms with van der Waals surface area (Å²) >= 11 is 0. The van der Waals surface area contributed by atoms with Crippen molar-refractivity contribution in [1.29, 1.82) is 0 Å². The van der Waals surface area contributed by atoms with Gasteiger partial charge in [-0.3, -0.25) is 0 Å². The van der Waals surface area contributed by atoms with Crippen LogP contribution >= 0.6 is 0 Å². The molecule has 3 heterocycles. The van der Waals surface area contributed by atoms with Crippen LogP contribution in [0.25, 0.3) is 10.8 Å². The van der Waals surface area contributed by atoms with E-state index >= 15 is 0 Å². The summed E-state index contributed by atoms with van der Waals surface area (Å²) < 4.78 is 0. The van der Waals surface area contributed by atoms with Crippen LogP contribution in [-0.2, 0) is 0 Å². The molecule has 4 rings (SSSR count). The Labute approximate surface area is 119 Å². The number of anilines is 1. The molecule has 2 unspecified atom stereocenters. The molecule has 1 aromatic heterocycles. The Balaban J connectivity index is 1.83. The van der Waals surface area contributed by atoms with Crippen LogP contribution in [0.1, 0.15) is 18.5 Å². The van der Waals surface area contributed by atoms with Gasteiger partial charge in [0.05, 0.1) is 5.69 Å². The molecule has 2 fully saturated rings. The Bertz CT molecular complexity index is 639. The fourth-order valence-corrected chi connectivity index (χ4v) is 3.77. The van der Waals surface area contributed by atoms with Gasteiger partial charge in [0, 0.05) is 36.4 Å².